The van der Waals surface area contributed by atoms with Crippen LogP contribution in [0.2, 0.25) is 0 Å². The molecule has 0 bridgehead atoms. The van der Waals surface area contributed by atoms with Gasteiger partial charge in [0, 0.05) is 19.6 Å². The van der Waals surface area contributed by atoms with E-state index >= 15 is 0 Å². The summed E-state index contributed by atoms with van der Waals surface area (Å²) in [4.78, 5) is 4.63. The van der Waals surface area contributed by atoms with Gasteiger partial charge in [-0.05, 0) is 34.0 Å². The molecule has 0 spiro atoms. The Balaban J connectivity index is 2.34. The maximum atomic E-state index is 3.91. The average molecular weight is 170 g/mol. The third-order valence-corrected chi connectivity index (χ3v) is 2.47. The molecule has 3 nitrogen and oxygen atoms in total. The Morgan fingerprint density at radius 1 is 1.50 bits per heavy atom. The summed E-state index contributed by atoms with van der Waals surface area (Å²) in [5.41, 5.74) is 0. The van der Waals surface area contributed by atoms with E-state index in [0.717, 1.165) is 19.6 Å². The third-order valence-electron chi connectivity index (χ3n) is 2.47. The zero-order valence-electron chi connectivity index (χ0n) is 8.21. The molecule has 0 aliphatic carbocycles. The first-order valence-corrected chi connectivity index (χ1v) is 4.65. The van der Waals surface area contributed by atoms with Crippen LogP contribution in [0.1, 0.15) is 6.42 Å². The van der Waals surface area contributed by atoms with Crippen LogP contribution in [0.5, 0.6) is 0 Å². The molecule has 1 N–H and O–H groups in total. The Morgan fingerprint density at radius 3 is 2.83 bits per heavy atom. The van der Waals surface area contributed by atoms with E-state index in [1.165, 1.54) is 13.0 Å². The van der Waals surface area contributed by atoms with E-state index in [-0.39, 0.29) is 0 Å². The largest absolute Gasteiger partial charge is 0.302 e. The molecule has 3 heteroatoms. The second-order valence-corrected chi connectivity index (χ2v) is 3.56. The molecule has 0 amide bonds. The van der Waals surface area contributed by atoms with E-state index in [1.54, 1.807) is 0 Å². The molecule has 0 aromatic carbocycles. The maximum Gasteiger partial charge on any atom is 0.0604 e. The summed E-state index contributed by atoms with van der Waals surface area (Å²) in [6.45, 7) is 8.22. The van der Waals surface area contributed by atoms with Crippen LogP contribution in [-0.2, 0) is 0 Å². The molecule has 1 heterocycles. The smallest absolute Gasteiger partial charge is 0.0604 e. The van der Waals surface area contributed by atoms with Crippen LogP contribution in [0.25, 0.3) is 0 Å². The summed E-state index contributed by atoms with van der Waals surface area (Å²) in [6.07, 6.45) is 1.74. The van der Waals surface area contributed by atoms with Gasteiger partial charge in [-0.1, -0.05) is 0 Å². The lowest BCUT2D eigenvalue weighted by atomic mass is 10.3. The summed E-state index contributed by atoms with van der Waals surface area (Å²) < 4.78 is 0. The lowest BCUT2D eigenvalue weighted by Gasteiger charge is -2.23. The van der Waals surface area contributed by atoms with Crippen molar-refractivity contribution < 1.29 is 0 Å². The van der Waals surface area contributed by atoms with Crippen LogP contribution in [0.4, 0.5) is 0 Å². The second kappa shape index (κ2) is 4.80. The van der Waals surface area contributed by atoms with Gasteiger partial charge in [-0.2, -0.15) is 0 Å². The monoisotopic (exact) mass is 170 g/mol. The van der Waals surface area contributed by atoms with Crippen LogP contribution < -0.4 is 5.32 Å². The number of hydrogen-bond donors (Lipinski definition) is 1. The van der Waals surface area contributed by atoms with Crippen LogP contribution >= 0.6 is 0 Å². The first kappa shape index (κ1) is 9.96. The Hall–Kier alpha value is -0.120. The topological polar surface area (TPSA) is 18.5 Å². The van der Waals surface area contributed by atoms with E-state index in [1.807, 2.05) is 0 Å². The van der Waals surface area contributed by atoms with Gasteiger partial charge >= 0.3 is 0 Å². The van der Waals surface area contributed by atoms with Gasteiger partial charge in [-0.25, -0.2) is 0 Å². The van der Waals surface area contributed by atoms with Crippen molar-refractivity contribution in [2.24, 2.45) is 0 Å². The number of hydrogen-bond acceptors (Lipinski definition) is 3. The number of rotatable bonds is 2. The van der Waals surface area contributed by atoms with Crippen molar-refractivity contribution in [3.63, 3.8) is 0 Å². The van der Waals surface area contributed by atoms with Crippen molar-refractivity contribution >= 4 is 0 Å². The first-order valence-electron chi connectivity index (χ1n) is 4.65. The molecule has 0 aromatic rings. The lowest BCUT2D eigenvalue weighted by molar-refractivity contribution is 0.237. The standard InChI is InChI=1S/C9H20N3/c1-4-12-7-5-9(11(2)3)10-6-8-12/h9-10H,1,4-8H2,2-3H3. The molecule has 1 rings (SSSR count). The predicted molar refractivity (Wildman–Crippen MR) is 51.9 cm³/mol. The molecule has 1 atom stereocenters. The molecular formula is C9H20N3. The van der Waals surface area contributed by atoms with Gasteiger partial charge in [-0.15, -0.1) is 0 Å². The van der Waals surface area contributed by atoms with Gasteiger partial charge in [0.2, 0.25) is 0 Å². The summed E-state index contributed by atoms with van der Waals surface area (Å²) in [5.74, 6) is 0. The number of nitrogens with zero attached hydrogens (tertiary/aromatic N) is 2. The van der Waals surface area contributed by atoms with Gasteiger partial charge in [0.05, 0.1) is 6.17 Å². The molecule has 1 unspecified atom stereocenters. The van der Waals surface area contributed by atoms with Crippen molar-refractivity contribution in [2.45, 2.75) is 12.6 Å². The van der Waals surface area contributed by atoms with E-state index < -0.39 is 0 Å². The minimum Gasteiger partial charge on any atom is -0.302 e. The summed E-state index contributed by atoms with van der Waals surface area (Å²) in [7, 11) is 4.25. The van der Waals surface area contributed by atoms with E-state index in [9.17, 15) is 0 Å². The number of nitrogens with one attached hydrogen (secondary N) is 1. The van der Waals surface area contributed by atoms with Gasteiger partial charge in [0.1, 0.15) is 0 Å². The molecule has 71 valence electrons. The zero-order chi connectivity index (χ0) is 8.97. The highest BCUT2D eigenvalue weighted by atomic mass is 15.3. The fourth-order valence-corrected chi connectivity index (χ4v) is 1.57. The van der Waals surface area contributed by atoms with E-state index in [4.69, 9.17) is 0 Å². The molecule has 1 fully saturated rings. The molecule has 0 saturated carbocycles. The van der Waals surface area contributed by atoms with Gasteiger partial charge < -0.3 is 10.2 Å². The fraction of sp³-hybridized carbons (Fsp3) is 0.889. The lowest BCUT2D eigenvalue weighted by Crippen LogP contribution is -2.41. The minimum atomic E-state index is 0.543. The minimum absolute atomic E-state index is 0.543. The fourth-order valence-electron chi connectivity index (χ4n) is 1.57. The van der Waals surface area contributed by atoms with E-state index in [0.29, 0.717) is 6.17 Å². The molecule has 1 saturated heterocycles. The Kier molecular flexibility index (Phi) is 3.98. The SMILES string of the molecule is [CH2]CN1CCNC(N(C)C)CC1. The molecule has 1 aliphatic heterocycles. The van der Waals surface area contributed by atoms with Gasteiger partial charge in [0.25, 0.3) is 0 Å². The van der Waals surface area contributed by atoms with Crippen LogP contribution in [0.15, 0.2) is 0 Å². The van der Waals surface area contributed by atoms with Crippen LogP contribution in [0.3, 0.4) is 0 Å². The summed E-state index contributed by atoms with van der Waals surface area (Å²) in [5, 5.41) is 3.50. The summed E-state index contributed by atoms with van der Waals surface area (Å²) >= 11 is 0. The zero-order valence-corrected chi connectivity index (χ0v) is 8.21. The van der Waals surface area contributed by atoms with Gasteiger partial charge in [0.15, 0.2) is 0 Å². The Labute approximate surface area is 75.7 Å². The van der Waals surface area contributed by atoms with Crippen LogP contribution in [0, 0.1) is 6.92 Å². The molecule has 1 aliphatic rings. The van der Waals surface area contributed by atoms with Crippen molar-refractivity contribution in [2.75, 3.05) is 40.3 Å². The highest BCUT2D eigenvalue weighted by Crippen LogP contribution is 2.02. The molecule has 1 radical (unpaired) electrons. The van der Waals surface area contributed by atoms with Crippen molar-refractivity contribution in [1.82, 2.24) is 15.1 Å². The van der Waals surface area contributed by atoms with Crippen molar-refractivity contribution in [3.8, 4) is 0 Å². The highest BCUT2D eigenvalue weighted by Gasteiger charge is 2.15. The van der Waals surface area contributed by atoms with E-state index in [2.05, 4.69) is 36.1 Å². The highest BCUT2D eigenvalue weighted by molar-refractivity contribution is 4.73. The summed E-state index contributed by atoms with van der Waals surface area (Å²) in [6, 6.07) is 0. The predicted octanol–water partition coefficient (Wildman–Crippen LogP) is 0.00349. The van der Waals surface area contributed by atoms with Gasteiger partial charge in [-0.3, -0.25) is 4.90 Å². The molecule has 0 aromatic heterocycles. The Morgan fingerprint density at radius 2 is 2.25 bits per heavy atom. The molecule has 12 heavy (non-hydrogen) atoms. The third kappa shape index (κ3) is 2.73. The first-order chi connectivity index (χ1) is 5.74. The molecular weight excluding hydrogens is 150 g/mol. The average Bonchev–Trinajstić information content (AvgIpc) is 2.28. The normalized spacial score (nSPS) is 27.5. The second-order valence-electron chi connectivity index (χ2n) is 3.56. The maximum absolute atomic E-state index is 3.91. The van der Waals surface area contributed by atoms with Crippen molar-refractivity contribution in [1.29, 1.82) is 0 Å². The Bertz CT molecular complexity index is 125. The van der Waals surface area contributed by atoms with Crippen LogP contribution in [-0.4, -0.2) is 56.2 Å². The quantitative estimate of drug-likeness (QED) is 0.629. The van der Waals surface area contributed by atoms with Crippen molar-refractivity contribution in [3.05, 3.63) is 6.92 Å².